The maximum absolute atomic E-state index is 12.4. The molecule has 1 amide bonds. The Labute approximate surface area is 127 Å². The van der Waals surface area contributed by atoms with Gasteiger partial charge in [0.2, 0.25) is 0 Å². The first-order valence-corrected chi connectivity index (χ1v) is 7.53. The quantitative estimate of drug-likeness (QED) is 0.812. The lowest BCUT2D eigenvalue weighted by Gasteiger charge is -2.31. The van der Waals surface area contributed by atoms with Gasteiger partial charge in [0.05, 0.1) is 6.61 Å². The van der Waals surface area contributed by atoms with Crippen molar-refractivity contribution in [3.05, 3.63) is 29.8 Å². The third-order valence-electron chi connectivity index (χ3n) is 3.34. The SMILES string of the molecule is CCCOc1cccc(C(=O)NC(CCO)C(C)(C)C)c1. The van der Waals surface area contributed by atoms with Crippen molar-refractivity contribution in [1.82, 2.24) is 5.32 Å². The van der Waals surface area contributed by atoms with E-state index in [1.165, 1.54) is 0 Å². The van der Waals surface area contributed by atoms with Crippen molar-refractivity contribution >= 4 is 5.91 Å². The highest BCUT2D eigenvalue weighted by atomic mass is 16.5. The number of carbonyl (C=O) groups excluding carboxylic acids is 1. The van der Waals surface area contributed by atoms with Crippen LogP contribution in [0, 0.1) is 5.41 Å². The molecular formula is C17H27NO3. The molecule has 0 aliphatic rings. The Bertz CT molecular complexity index is 452. The van der Waals surface area contributed by atoms with Gasteiger partial charge in [0.1, 0.15) is 5.75 Å². The van der Waals surface area contributed by atoms with Crippen LogP contribution in [0.25, 0.3) is 0 Å². The van der Waals surface area contributed by atoms with Crippen molar-refractivity contribution < 1.29 is 14.6 Å². The van der Waals surface area contributed by atoms with Crippen molar-refractivity contribution in [3.63, 3.8) is 0 Å². The van der Waals surface area contributed by atoms with E-state index in [-0.39, 0.29) is 24.0 Å². The van der Waals surface area contributed by atoms with Gasteiger partial charge in [0, 0.05) is 18.2 Å². The largest absolute Gasteiger partial charge is 0.494 e. The van der Waals surface area contributed by atoms with Crippen LogP contribution >= 0.6 is 0 Å². The third-order valence-corrected chi connectivity index (χ3v) is 3.34. The van der Waals surface area contributed by atoms with Crippen LogP contribution in [-0.4, -0.2) is 30.3 Å². The molecule has 0 aliphatic carbocycles. The minimum atomic E-state index is -0.134. The van der Waals surface area contributed by atoms with E-state index in [0.29, 0.717) is 24.3 Å². The predicted octanol–water partition coefficient (Wildman–Crippen LogP) is 3.00. The average Bonchev–Trinajstić information content (AvgIpc) is 2.44. The minimum absolute atomic E-state index is 0.0574. The standard InChI is InChI=1S/C17H27NO3/c1-5-11-21-14-8-6-7-13(12-14)16(20)18-15(9-10-19)17(2,3)4/h6-8,12,15,19H,5,9-11H2,1-4H3,(H,18,20). The molecule has 2 N–H and O–H groups in total. The Morgan fingerprint density at radius 2 is 2.10 bits per heavy atom. The summed E-state index contributed by atoms with van der Waals surface area (Å²) in [7, 11) is 0. The Hall–Kier alpha value is -1.55. The molecule has 21 heavy (non-hydrogen) atoms. The van der Waals surface area contributed by atoms with E-state index in [4.69, 9.17) is 9.84 Å². The summed E-state index contributed by atoms with van der Waals surface area (Å²) in [6, 6.07) is 7.12. The number of carbonyl (C=O) groups is 1. The second-order valence-electron chi connectivity index (χ2n) is 6.28. The van der Waals surface area contributed by atoms with Crippen LogP contribution in [0.5, 0.6) is 5.75 Å². The van der Waals surface area contributed by atoms with E-state index >= 15 is 0 Å². The smallest absolute Gasteiger partial charge is 0.251 e. The fourth-order valence-electron chi connectivity index (χ4n) is 2.04. The molecule has 1 atom stereocenters. The highest BCUT2D eigenvalue weighted by Crippen LogP contribution is 2.22. The van der Waals surface area contributed by atoms with E-state index < -0.39 is 0 Å². The molecule has 0 aromatic heterocycles. The zero-order valence-electron chi connectivity index (χ0n) is 13.5. The van der Waals surface area contributed by atoms with Crippen molar-refractivity contribution in [3.8, 4) is 5.75 Å². The van der Waals surface area contributed by atoms with Crippen molar-refractivity contribution in [2.75, 3.05) is 13.2 Å². The van der Waals surface area contributed by atoms with Crippen LogP contribution in [0.2, 0.25) is 0 Å². The van der Waals surface area contributed by atoms with Crippen molar-refractivity contribution in [1.29, 1.82) is 0 Å². The molecule has 0 aliphatic heterocycles. The van der Waals surface area contributed by atoms with Crippen LogP contribution in [-0.2, 0) is 0 Å². The molecule has 1 aromatic carbocycles. The lowest BCUT2D eigenvalue weighted by Crippen LogP contribution is -2.44. The molecule has 1 unspecified atom stereocenters. The number of ether oxygens (including phenoxy) is 1. The minimum Gasteiger partial charge on any atom is -0.494 e. The molecule has 0 bridgehead atoms. The van der Waals surface area contributed by atoms with Gasteiger partial charge in [-0.1, -0.05) is 33.8 Å². The van der Waals surface area contributed by atoms with Crippen LogP contribution in [0.4, 0.5) is 0 Å². The summed E-state index contributed by atoms with van der Waals surface area (Å²) < 4.78 is 5.55. The predicted molar refractivity (Wildman–Crippen MR) is 84.6 cm³/mol. The fourth-order valence-corrected chi connectivity index (χ4v) is 2.04. The Balaban J connectivity index is 2.78. The lowest BCUT2D eigenvalue weighted by molar-refractivity contribution is 0.0884. The first-order chi connectivity index (χ1) is 9.88. The summed E-state index contributed by atoms with van der Waals surface area (Å²) in [6.45, 7) is 8.89. The number of benzene rings is 1. The summed E-state index contributed by atoms with van der Waals surface area (Å²) in [5.41, 5.74) is 0.477. The molecule has 0 radical (unpaired) electrons. The highest BCUT2D eigenvalue weighted by Gasteiger charge is 2.26. The van der Waals surface area contributed by atoms with E-state index in [2.05, 4.69) is 5.32 Å². The molecule has 0 saturated heterocycles. The number of aliphatic hydroxyl groups is 1. The molecule has 0 saturated carbocycles. The molecule has 0 fully saturated rings. The van der Waals surface area contributed by atoms with Gasteiger partial charge >= 0.3 is 0 Å². The van der Waals surface area contributed by atoms with Gasteiger partial charge in [0.15, 0.2) is 0 Å². The lowest BCUT2D eigenvalue weighted by atomic mass is 9.85. The van der Waals surface area contributed by atoms with Crippen LogP contribution in [0.3, 0.4) is 0 Å². The first-order valence-electron chi connectivity index (χ1n) is 7.53. The second-order valence-corrected chi connectivity index (χ2v) is 6.28. The van der Waals surface area contributed by atoms with Crippen LogP contribution in [0.15, 0.2) is 24.3 Å². The van der Waals surface area contributed by atoms with Gasteiger partial charge < -0.3 is 15.2 Å². The molecule has 4 heteroatoms. The number of amides is 1. The van der Waals surface area contributed by atoms with Gasteiger partial charge in [-0.15, -0.1) is 0 Å². The zero-order chi connectivity index (χ0) is 15.9. The van der Waals surface area contributed by atoms with Gasteiger partial charge in [-0.25, -0.2) is 0 Å². The van der Waals surface area contributed by atoms with E-state index in [1.54, 1.807) is 12.1 Å². The van der Waals surface area contributed by atoms with Gasteiger partial charge in [0.25, 0.3) is 5.91 Å². The van der Waals surface area contributed by atoms with E-state index in [0.717, 1.165) is 6.42 Å². The molecule has 1 rings (SSSR count). The number of hydrogen-bond donors (Lipinski definition) is 2. The van der Waals surface area contributed by atoms with E-state index in [1.807, 2.05) is 39.8 Å². The molecule has 0 spiro atoms. The summed E-state index contributed by atoms with van der Waals surface area (Å²) in [6.07, 6.45) is 1.47. The molecule has 0 heterocycles. The third kappa shape index (κ3) is 5.76. The van der Waals surface area contributed by atoms with Crippen LogP contribution in [0.1, 0.15) is 50.9 Å². The highest BCUT2D eigenvalue weighted by molar-refractivity contribution is 5.94. The zero-order valence-corrected chi connectivity index (χ0v) is 13.5. The Morgan fingerprint density at radius 1 is 1.38 bits per heavy atom. The molecule has 118 valence electrons. The van der Waals surface area contributed by atoms with Gasteiger partial charge in [-0.2, -0.15) is 0 Å². The maximum Gasteiger partial charge on any atom is 0.251 e. The maximum atomic E-state index is 12.4. The van der Waals surface area contributed by atoms with Gasteiger partial charge in [-0.3, -0.25) is 4.79 Å². The Morgan fingerprint density at radius 3 is 2.67 bits per heavy atom. The summed E-state index contributed by atoms with van der Waals surface area (Å²) in [5, 5.41) is 12.2. The van der Waals surface area contributed by atoms with E-state index in [9.17, 15) is 4.79 Å². The number of nitrogens with one attached hydrogen (secondary N) is 1. The van der Waals surface area contributed by atoms with Crippen molar-refractivity contribution in [2.45, 2.75) is 46.6 Å². The molecule has 1 aromatic rings. The normalized spacial score (nSPS) is 12.8. The number of aliphatic hydroxyl groups excluding tert-OH is 1. The first kappa shape index (κ1) is 17.5. The number of hydrogen-bond acceptors (Lipinski definition) is 3. The average molecular weight is 293 g/mol. The fraction of sp³-hybridized carbons (Fsp3) is 0.588. The summed E-state index contributed by atoms with van der Waals surface area (Å²) in [4.78, 5) is 12.4. The topological polar surface area (TPSA) is 58.6 Å². The Kier molecular flexibility index (Phi) is 6.69. The van der Waals surface area contributed by atoms with Gasteiger partial charge in [-0.05, 0) is 36.5 Å². The molecule has 4 nitrogen and oxygen atoms in total. The summed E-state index contributed by atoms with van der Waals surface area (Å²) in [5.74, 6) is 0.573. The van der Waals surface area contributed by atoms with Crippen molar-refractivity contribution in [2.24, 2.45) is 5.41 Å². The second kappa shape index (κ2) is 8.03. The monoisotopic (exact) mass is 293 g/mol. The number of rotatable bonds is 7. The summed E-state index contributed by atoms with van der Waals surface area (Å²) >= 11 is 0. The molecular weight excluding hydrogens is 266 g/mol. The van der Waals surface area contributed by atoms with Crippen LogP contribution < -0.4 is 10.1 Å².